The van der Waals surface area contributed by atoms with Crippen molar-refractivity contribution < 1.29 is 13.9 Å². The normalized spacial score (nSPS) is 16.1. The van der Waals surface area contributed by atoms with Crippen LogP contribution in [0.1, 0.15) is 32.6 Å². The van der Waals surface area contributed by atoms with Gasteiger partial charge >= 0.3 is 0 Å². The number of amides is 1. The molecular weight excluding hydrogens is 440 g/mol. The molecule has 0 spiro atoms. The van der Waals surface area contributed by atoms with Crippen molar-refractivity contribution in [1.29, 1.82) is 0 Å². The average molecular weight is 461 g/mol. The van der Waals surface area contributed by atoms with Crippen LogP contribution in [0.25, 0.3) is 0 Å². The van der Waals surface area contributed by atoms with Gasteiger partial charge in [0.1, 0.15) is 5.00 Å². The minimum absolute atomic E-state index is 0.0400. The number of ether oxygens (including phenoxy) is 1. The molecule has 1 aromatic carbocycles. The molecule has 2 aromatic heterocycles. The summed E-state index contributed by atoms with van der Waals surface area (Å²) in [7, 11) is 0. The van der Waals surface area contributed by atoms with Crippen molar-refractivity contribution >= 4 is 38.2 Å². The summed E-state index contributed by atoms with van der Waals surface area (Å²) in [6, 6.07) is 13.9. The highest BCUT2D eigenvalue weighted by Gasteiger charge is 2.28. The van der Waals surface area contributed by atoms with Gasteiger partial charge in [0, 0.05) is 28.0 Å². The van der Waals surface area contributed by atoms with Crippen LogP contribution in [0.15, 0.2) is 57.6 Å². The summed E-state index contributed by atoms with van der Waals surface area (Å²) in [6.45, 7) is 5.17. The predicted octanol–water partition coefficient (Wildman–Crippen LogP) is 5.09. The number of nitrogens with one attached hydrogen (secondary N) is 1. The molecule has 146 valence electrons. The van der Waals surface area contributed by atoms with Crippen LogP contribution in [0.2, 0.25) is 0 Å². The van der Waals surface area contributed by atoms with Crippen LogP contribution in [0.5, 0.6) is 0 Å². The second-order valence-electron chi connectivity index (χ2n) is 6.68. The molecule has 1 N–H and O–H groups in total. The Balaban J connectivity index is 1.72. The zero-order valence-corrected chi connectivity index (χ0v) is 17.9. The molecule has 4 rings (SSSR count). The number of carbonyl (C=O) groups excluding carboxylic acids is 1. The number of nitrogens with zero attached hydrogens (tertiary/aromatic N) is 1. The molecule has 28 heavy (non-hydrogen) atoms. The van der Waals surface area contributed by atoms with Crippen LogP contribution in [0, 0.1) is 6.92 Å². The lowest BCUT2D eigenvalue weighted by Gasteiger charge is -2.35. The Kier molecular flexibility index (Phi) is 5.96. The lowest BCUT2D eigenvalue weighted by molar-refractivity contribution is 0.0241. The summed E-state index contributed by atoms with van der Waals surface area (Å²) in [5, 5.41) is 3.91. The lowest BCUT2D eigenvalue weighted by atomic mass is 9.98. The molecule has 1 saturated heterocycles. The number of carbonyl (C=O) groups is 1. The molecule has 1 amide bonds. The highest BCUT2D eigenvalue weighted by Crippen LogP contribution is 2.40. The number of anilines is 1. The molecule has 0 aliphatic carbocycles. The third kappa shape index (κ3) is 4.22. The Morgan fingerprint density at radius 2 is 2.04 bits per heavy atom. The number of rotatable bonds is 5. The van der Waals surface area contributed by atoms with Gasteiger partial charge in [0.15, 0.2) is 5.76 Å². The monoisotopic (exact) mass is 460 g/mol. The molecule has 3 aromatic rings. The first-order valence-corrected chi connectivity index (χ1v) is 10.8. The number of aryl methyl sites for hydroxylation is 1. The topological polar surface area (TPSA) is 54.7 Å². The van der Waals surface area contributed by atoms with Crippen molar-refractivity contribution in [3.63, 3.8) is 0 Å². The number of hydrogen-bond donors (Lipinski definition) is 1. The minimum atomic E-state index is -0.233. The Labute approximate surface area is 176 Å². The predicted molar refractivity (Wildman–Crippen MR) is 114 cm³/mol. The van der Waals surface area contributed by atoms with E-state index in [1.807, 2.05) is 12.1 Å². The van der Waals surface area contributed by atoms with Gasteiger partial charge in [0.2, 0.25) is 0 Å². The minimum Gasteiger partial charge on any atom is -0.459 e. The first-order chi connectivity index (χ1) is 13.6. The zero-order chi connectivity index (χ0) is 19.5. The molecule has 0 unspecified atom stereocenters. The van der Waals surface area contributed by atoms with Crippen LogP contribution < -0.4 is 5.32 Å². The molecule has 3 heterocycles. The Hall–Kier alpha value is -1.93. The van der Waals surface area contributed by atoms with Crippen LogP contribution in [0.3, 0.4) is 0 Å². The number of benzene rings is 1. The van der Waals surface area contributed by atoms with Gasteiger partial charge in [-0.15, -0.1) is 11.3 Å². The molecule has 0 bridgehead atoms. The van der Waals surface area contributed by atoms with Crippen LogP contribution in [-0.2, 0) is 4.74 Å². The number of morpholine rings is 1. The summed E-state index contributed by atoms with van der Waals surface area (Å²) in [4.78, 5) is 16.1. The maximum atomic E-state index is 12.6. The first kappa shape index (κ1) is 19.4. The van der Waals surface area contributed by atoms with Crippen molar-refractivity contribution in [2.45, 2.75) is 13.0 Å². The molecule has 1 atom stereocenters. The first-order valence-electron chi connectivity index (χ1n) is 9.14. The molecular formula is C21H21BrN2O3S. The van der Waals surface area contributed by atoms with E-state index >= 15 is 0 Å². The highest BCUT2D eigenvalue weighted by atomic mass is 79.9. The zero-order valence-electron chi connectivity index (χ0n) is 15.5. The fourth-order valence-electron chi connectivity index (χ4n) is 3.51. The van der Waals surface area contributed by atoms with Gasteiger partial charge in [-0.25, -0.2) is 0 Å². The number of furan rings is 1. The van der Waals surface area contributed by atoms with Crippen LogP contribution in [-0.4, -0.2) is 37.1 Å². The molecule has 1 aliphatic heterocycles. The van der Waals surface area contributed by atoms with Crippen LogP contribution in [0.4, 0.5) is 5.00 Å². The van der Waals surface area contributed by atoms with E-state index in [2.05, 4.69) is 51.3 Å². The number of thiophene rings is 1. The molecule has 5 nitrogen and oxygen atoms in total. The fraction of sp³-hybridized carbons (Fsp3) is 0.286. The average Bonchev–Trinajstić information content (AvgIpc) is 3.34. The van der Waals surface area contributed by atoms with E-state index in [1.165, 1.54) is 11.8 Å². The Morgan fingerprint density at radius 3 is 2.75 bits per heavy atom. The molecule has 1 aliphatic rings. The SMILES string of the molecule is Cc1cc([C@H](c2cccc(Br)c2)N2CCOCC2)c(NC(=O)c2ccco2)s1. The van der Waals surface area contributed by atoms with Gasteiger partial charge in [-0.2, -0.15) is 0 Å². The van der Waals surface area contributed by atoms with Gasteiger partial charge in [0.25, 0.3) is 5.91 Å². The quantitative estimate of drug-likeness (QED) is 0.576. The van der Waals surface area contributed by atoms with Crippen molar-refractivity contribution in [1.82, 2.24) is 4.90 Å². The summed E-state index contributed by atoms with van der Waals surface area (Å²) in [5.41, 5.74) is 2.28. The lowest BCUT2D eigenvalue weighted by Crippen LogP contribution is -2.39. The van der Waals surface area contributed by atoms with E-state index in [0.29, 0.717) is 19.0 Å². The standard InChI is InChI=1S/C21H21BrN2O3S/c1-14-12-17(21(28-14)23-20(25)18-6-3-9-27-18)19(24-7-10-26-11-8-24)15-4-2-5-16(22)13-15/h2-6,9,12-13,19H,7-8,10-11H2,1H3,(H,23,25)/t19-/m0/s1. The van der Waals surface area contributed by atoms with E-state index < -0.39 is 0 Å². The van der Waals surface area contributed by atoms with E-state index in [1.54, 1.807) is 23.5 Å². The van der Waals surface area contributed by atoms with E-state index in [4.69, 9.17) is 9.15 Å². The summed E-state index contributed by atoms with van der Waals surface area (Å²) >= 11 is 5.18. The fourth-order valence-corrected chi connectivity index (χ4v) is 4.86. The van der Waals surface area contributed by atoms with Crippen molar-refractivity contribution in [2.75, 3.05) is 31.6 Å². The second-order valence-corrected chi connectivity index (χ2v) is 8.85. The maximum absolute atomic E-state index is 12.6. The van der Waals surface area contributed by atoms with Crippen molar-refractivity contribution in [3.8, 4) is 0 Å². The van der Waals surface area contributed by atoms with Gasteiger partial charge in [0.05, 0.1) is 25.5 Å². The second kappa shape index (κ2) is 8.61. The van der Waals surface area contributed by atoms with Crippen molar-refractivity contribution in [3.05, 3.63) is 75.0 Å². The largest absolute Gasteiger partial charge is 0.459 e. The smallest absolute Gasteiger partial charge is 0.291 e. The molecule has 1 fully saturated rings. The van der Waals surface area contributed by atoms with Gasteiger partial charge in [-0.3, -0.25) is 9.69 Å². The van der Waals surface area contributed by atoms with Crippen LogP contribution >= 0.6 is 27.3 Å². The van der Waals surface area contributed by atoms with E-state index in [-0.39, 0.29) is 11.9 Å². The summed E-state index contributed by atoms with van der Waals surface area (Å²) in [6.07, 6.45) is 1.51. The number of hydrogen-bond acceptors (Lipinski definition) is 5. The van der Waals surface area contributed by atoms with Crippen molar-refractivity contribution in [2.24, 2.45) is 0 Å². The maximum Gasteiger partial charge on any atom is 0.291 e. The molecule has 0 radical (unpaired) electrons. The Bertz CT molecular complexity index is 948. The summed E-state index contributed by atoms with van der Waals surface area (Å²) in [5.74, 6) is 0.0745. The third-order valence-electron chi connectivity index (χ3n) is 4.73. The van der Waals surface area contributed by atoms with Gasteiger partial charge in [-0.1, -0.05) is 28.1 Å². The molecule has 0 saturated carbocycles. The molecule has 7 heteroatoms. The third-order valence-corrected chi connectivity index (χ3v) is 6.20. The van der Waals surface area contributed by atoms with E-state index in [9.17, 15) is 4.79 Å². The van der Waals surface area contributed by atoms with E-state index in [0.717, 1.165) is 33.0 Å². The number of halogens is 1. The summed E-state index contributed by atoms with van der Waals surface area (Å²) < 4.78 is 11.9. The van der Waals surface area contributed by atoms with Gasteiger partial charge in [-0.05, 0) is 42.8 Å². The Morgan fingerprint density at radius 1 is 1.21 bits per heavy atom. The van der Waals surface area contributed by atoms with Gasteiger partial charge < -0.3 is 14.5 Å². The highest BCUT2D eigenvalue weighted by molar-refractivity contribution is 9.10.